The fraction of sp³-hybridized carbons (Fsp3) is 0.308. The Morgan fingerprint density at radius 3 is 2.70 bits per heavy atom. The first-order valence-electron chi connectivity index (χ1n) is 5.86. The maximum atomic E-state index is 11.0. The van der Waals surface area contributed by atoms with Gasteiger partial charge in [0.05, 0.1) is 4.92 Å². The van der Waals surface area contributed by atoms with Gasteiger partial charge in [0, 0.05) is 16.1 Å². The average Bonchev–Trinajstić information content (AvgIpc) is 2.35. The van der Waals surface area contributed by atoms with Crippen molar-refractivity contribution in [3.63, 3.8) is 0 Å². The number of rotatable bonds is 6. The van der Waals surface area contributed by atoms with Crippen LogP contribution in [0.15, 0.2) is 28.3 Å². The summed E-state index contributed by atoms with van der Waals surface area (Å²) in [5.74, 6) is -0.867. The van der Waals surface area contributed by atoms with Gasteiger partial charge in [0.15, 0.2) is 5.75 Å². The minimum Gasteiger partial charge on any atom is -0.482 e. The van der Waals surface area contributed by atoms with Crippen molar-refractivity contribution in [1.82, 2.24) is 0 Å². The van der Waals surface area contributed by atoms with Crippen molar-refractivity contribution < 1.29 is 19.6 Å². The fourth-order valence-corrected chi connectivity index (χ4v) is 2.20. The Bertz CT molecular complexity index is 568. The number of nitro benzene ring substituents is 1. The highest BCUT2D eigenvalue weighted by molar-refractivity contribution is 9.10. The lowest BCUT2D eigenvalue weighted by molar-refractivity contribution is -0.385. The third kappa shape index (κ3) is 4.06. The maximum absolute atomic E-state index is 11.0. The Morgan fingerprint density at radius 1 is 1.55 bits per heavy atom. The molecule has 0 unspecified atom stereocenters. The van der Waals surface area contributed by atoms with Crippen LogP contribution in [0.3, 0.4) is 0 Å². The zero-order chi connectivity index (χ0) is 15.3. The molecule has 1 N–H and O–H groups in total. The molecule has 1 aromatic carbocycles. The Kier molecular flexibility index (Phi) is 5.69. The van der Waals surface area contributed by atoms with Gasteiger partial charge in [-0.05, 0) is 31.1 Å². The number of hydrogen-bond acceptors (Lipinski definition) is 4. The Labute approximate surface area is 124 Å². The number of carbonyl (C=O) groups is 1. The topological polar surface area (TPSA) is 89.7 Å². The van der Waals surface area contributed by atoms with Gasteiger partial charge in [-0.25, -0.2) is 4.79 Å². The van der Waals surface area contributed by atoms with Gasteiger partial charge >= 0.3 is 11.7 Å². The quantitative estimate of drug-likeness (QED) is 0.485. The van der Waals surface area contributed by atoms with Crippen molar-refractivity contribution in [1.29, 1.82) is 0 Å². The van der Waals surface area contributed by atoms with Gasteiger partial charge in [-0.2, -0.15) is 0 Å². The molecule has 0 bridgehead atoms. The first-order chi connectivity index (χ1) is 9.36. The molecule has 0 saturated heterocycles. The summed E-state index contributed by atoms with van der Waals surface area (Å²) in [4.78, 5) is 21.3. The summed E-state index contributed by atoms with van der Waals surface area (Å²) >= 11 is 3.19. The first-order valence-corrected chi connectivity index (χ1v) is 6.65. The van der Waals surface area contributed by atoms with Gasteiger partial charge in [-0.1, -0.05) is 22.9 Å². The molecule has 0 amide bonds. The van der Waals surface area contributed by atoms with E-state index in [-0.39, 0.29) is 23.6 Å². The van der Waals surface area contributed by atoms with E-state index in [9.17, 15) is 14.9 Å². The normalized spacial score (nSPS) is 11.2. The highest BCUT2D eigenvalue weighted by atomic mass is 79.9. The molecule has 1 rings (SSSR count). The van der Waals surface area contributed by atoms with Crippen LogP contribution < -0.4 is 4.74 Å². The summed E-state index contributed by atoms with van der Waals surface area (Å²) in [6.45, 7) is 3.38. The summed E-state index contributed by atoms with van der Waals surface area (Å²) in [5.41, 5.74) is 0.661. The van der Waals surface area contributed by atoms with E-state index in [2.05, 4.69) is 15.9 Å². The molecule has 0 aromatic heterocycles. The molecule has 0 spiro atoms. The predicted molar refractivity (Wildman–Crippen MR) is 77.0 cm³/mol. The zero-order valence-corrected chi connectivity index (χ0v) is 12.6. The summed E-state index contributed by atoms with van der Waals surface area (Å²) in [5, 5.41) is 19.8. The van der Waals surface area contributed by atoms with E-state index in [1.807, 2.05) is 0 Å². The van der Waals surface area contributed by atoms with E-state index < -0.39 is 10.9 Å². The monoisotopic (exact) mass is 343 g/mol. The van der Waals surface area contributed by atoms with Gasteiger partial charge in [-0.3, -0.25) is 10.1 Å². The number of aryl methyl sites for hydroxylation is 1. The van der Waals surface area contributed by atoms with Gasteiger partial charge in [0.25, 0.3) is 0 Å². The molecule has 0 aliphatic rings. The fourth-order valence-electron chi connectivity index (χ4n) is 1.64. The van der Waals surface area contributed by atoms with Crippen molar-refractivity contribution in [3.8, 4) is 5.75 Å². The van der Waals surface area contributed by atoms with Crippen LogP contribution in [0.1, 0.15) is 18.9 Å². The molecule has 0 heterocycles. The number of nitro groups is 1. The summed E-state index contributed by atoms with van der Waals surface area (Å²) in [7, 11) is 0. The summed E-state index contributed by atoms with van der Waals surface area (Å²) in [6.07, 6.45) is 1.77. The number of benzene rings is 1. The van der Waals surface area contributed by atoms with Crippen molar-refractivity contribution in [2.45, 2.75) is 20.3 Å². The molecule has 6 nitrogen and oxygen atoms in total. The molecular weight excluding hydrogens is 330 g/mol. The van der Waals surface area contributed by atoms with Crippen LogP contribution in [0.25, 0.3) is 0 Å². The van der Waals surface area contributed by atoms with Gasteiger partial charge in [0.2, 0.25) is 0 Å². The third-order valence-corrected chi connectivity index (χ3v) is 3.09. The second kappa shape index (κ2) is 7.04. The van der Waals surface area contributed by atoms with E-state index in [1.165, 1.54) is 12.1 Å². The maximum Gasteiger partial charge on any atom is 0.331 e. The molecule has 0 saturated carbocycles. The lowest BCUT2D eigenvalue weighted by atomic mass is 10.2. The number of carboxylic acid groups (broad SMARTS) is 1. The lowest BCUT2D eigenvalue weighted by Crippen LogP contribution is -2.05. The molecule has 0 aliphatic carbocycles. The van der Waals surface area contributed by atoms with E-state index in [1.54, 1.807) is 19.9 Å². The van der Waals surface area contributed by atoms with Gasteiger partial charge in [0.1, 0.15) is 6.61 Å². The number of carboxylic acids is 1. The molecule has 108 valence electrons. The Morgan fingerprint density at radius 2 is 2.20 bits per heavy atom. The number of ether oxygens (including phenoxy) is 1. The summed E-state index contributed by atoms with van der Waals surface area (Å²) in [6, 6.07) is 3.05. The SMILES string of the molecule is CCC(=CCOc1c(C)cc(Br)cc1[N+](=O)[O-])C(=O)O. The number of aliphatic carboxylic acids is 1. The number of halogens is 1. The largest absolute Gasteiger partial charge is 0.482 e. The average molecular weight is 344 g/mol. The zero-order valence-electron chi connectivity index (χ0n) is 11.1. The molecule has 1 aromatic rings. The minimum atomic E-state index is -1.02. The van der Waals surface area contributed by atoms with Crippen LogP contribution in [0.4, 0.5) is 5.69 Å². The predicted octanol–water partition coefficient (Wildman–Crippen LogP) is 3.47. The van der Waals surface area contributed by atoms with Crippen LogP contribution in [0.2, 0.25) is 0 Å². The van der Waals surface area contributed by atoms with Crippen LogP contribution in [0, 0.1) is 17.0 Å². The first kappa shape index (κ1) is 16.2. The molecule has 0 fully saturated rings. The van der Waals surface area contributed by atoms with Crippen molar-refractivity contribution in [2.75, 3.05) is 6.61 Å². The van der Waals surface area contributed by atoms with Crippen LogP contribution >= 0.6 is 15.9 Å². The van der Waals surface area contributed by atoms with Crippen LogP contribution in [0.5, 0.6) is 5.75 Å². The molecule has 0 aliphatic heterocycles. The van der Waals surface area contributed by atoms with E-state index in [0.717, 1.165) is 0 Å². The Balaban J connectivity index is 2.98. The minimum absolute atomic E-state index is 0.0290. The third-order valence-electron chi connectivity index (χ3n) is 2.63. The van der Waals surface area contributed by atoms with E-state index in [0.29, 0.717) is 16.5 Å². The summed E-state index contributed by atoms with van der Waals surface area (Å²) < 4.78 is 5.95. The second-order valence-corrected chi connectivity index (χ2v) is 4.94. The van der Waals surface area contributed by atoms with Crippen LogP contribution in [-0.4, -0.2) is 22.6 Å². The lowest BCUT2D eigenvalue weighted by Gasteiger charge is -2.09. The van der Waals surface area contributed by atoms with Crippen LogP contribution in [-0.2, 0) is 4.79 Å². The standard InChI is InChI=1S/C13H14BrNO5/c1-3-9(13(16)17)4-5-20-12-8(2)6-10(14)7-11(12)15(18)19/h4,6-7H,3,5H2,1-2H3,(H,16,17). The van der Waals surface area contributed by atoms with E-state index >= 15 is 0 Å². The number of hydrogen-bond donors (Lipinski definition) is 1. The molecule has 0 radical (unpaired) electrons. The van der Waals surface area contributed by atoms with Crippen molar-refractivity contribution in [3.05, 3.63) is 43.9 Å². The van der Waals surface area contributed by atoms with E-state index in [4.69, 9.17) is 9.84 Å². The molecule has 0 atom stereocenters. The highest BCUT2D eigenvalue weighted by Crippen LogP contribution is 2.34. The second-order valence-electron chi connectivity index (χ2n) is 4.03. The van der Waals surface area contributed by atoms with Crippen molar-refractivity contribution >= 4 is 27.6 Å². The smallest absolute Gasteiger partial charge is 0.331 e. The number of nitrogens with zero attached hydrogens (tertiary/aromatic N) is 1. The molecule has 7 heteroatoms. The molecular formula is C13H14BrNO5. The van der Waals surface area contributed by atoms with Gasteiger partial charge < -0.3 is 9.84 Å². The highest BCUT2D eigenvalue weighted by Gasteiger charge is 2.18. The van der Waals surface area contributed by atoms with Gasteiger partial charge in [-0.15, -0.1) is 0 Å². The van der Waals surface area contributed by atoms with Crippen molar-refractivity contribution in [2.24, 2.45) is 0 Å². The molecule has 20 heavy (non-hydrogen) atoms. The Hall–Kier alpha value is -1.89.